The maximum atomic E-state index is 12.5. The van der Waals surface area contributed by atoms with Crippen LogP contribution in [0.25, 0.3) is 22.0 Å². The average molecular weight is 438 g/mol. The molecule has 0 spiro atoms. The van der Waals surface area contributed by atoms with Gasteiger partial charge >= 0.3 is 0 Å². The fourth-order valence-electron chi connectivity index (χ4n) is 4.46. The standard InChI is InChI=1S/C26H23N5O2/c32-17-31-13-3-4-20(15-31)22-11-10-21(23-14-27-16-29-25(22)23)18-6-8-19(9-7-18)26(33)30-24-5-1-2-12-28-24/h1-2,5-12,14,16-17,20H,3-4,13,15H2,(H,28,30,33). The van der Waals surface area contributed by atoms with Crippen molar-refractivity contribution in [2.45, 2.75) is 18.8 Å². The van der Waals surface area contributed by atoms with E-state index in [1.165, 1.54) is 0 Å². The van der Waals surface area contributed by atoms with Crippen molar-refractivity contribution in [3.05, 3.63) is 84.4 Å². The Balaban J connectivity index is 1.44. The van der Waals surface area contributed by atoms with E-state index in [-0.39, 0.29) is 11.8 Å². The molecule has 0 aliphatic carbocycles. The van der Waals surface area contributed by atoms with Crippen molar-refractivity contribution in [2.24, 2.45) is 0 Å². The molecule has 7 nitrogen and oxygen atoms in total. The number of aromatic nitrogens is 3. The number of pyridine rings is 1. The summed E-state index contributed by atoms with van der Waals surface area (Å²) < 4.78 is 0. The SMILES string of the molecule is O=CN1CCCC(c2ccc(-c3ccc(C(=O)Nc4ccccn4)cc3)c3cncnc23)C1. The molecule has 5 rings (SSSR count). The molecule has 2 aromatic heterocycles. The lowest BCUT2D eigenvalue weighted by molar-refractivity contribution is -0.119. The number of hydrogen-bond donors (Lipinski definition) is 1. The van der Waals surface area contributed by atoms with Crippen LogP contribution < -0.4 is 5.32 Å². The number of hydrogen-bond acceptors (Lipinski definition) is 5. The van der Waals surface area contributed by atoms with Gasteiger partial charge in [-0.3, -0.25) is 9.59 Å². The van der Waals surface area contributed by atoms with Crippen LogP contribution in [0.15, 0.2) is 73.3 Å². The van der Waals surface area contributed by atoms with Crippen LogP contribution in [0.5, 0.6) is 0 Å². The molecule has 2 aromatic carbocycles. The molecule has 1 N–H and O–H groups in total. The molecule has 1 aliphatic rings. The van der Waals surface area contributed by atoms with E-state index in [1.54, 1.807) is 36.8 Å². The van der Waals surface area contributed by atoms with Crippen LogP contribution in [0.4, 0.5) is 5.82 Å². The van der Waals surface area contributed by atoms with E-state index in [0.29, 0.717) is 17.9 Å². The van der Waals surface area contributed by atoms with E-state index >= 15 is 0 Å². The quantitative estimate of drug-likeness (QED) is 0.471. The number of likely N-dealkylation sites (tertiary alicyclic amines) is 1. The van der Waals surface area contributed by atoms with E-state index in [9.17, 15) is 9.59 Å². The molecule has 1 saturated heterocycles. The lowest BCUT2D eigenvalue weighted by Crippen LogP contribution is -2.33. The summed E-state index contributed by atoms with van der Waals surface area (Å²) in [7, 11) is 0. The molecule has 0 bridgehead atoms. The van der Waals surface area contributed by atoms with Crippen LogP contribution in [-0.4, -0.2) is 45.3 Å². The molecular formula is C26H23N5O2. The van der Waals surface area contributed by atoms with E-state index in [4.69, 9.17) is 0 Å². The Morgan fingerprint density at radius 2 is 1.94 bits per heavy atom. The average Bonchev–Trinajstić information content (AvgIpc) is 2.89. The zero-order valence-corrected chi connectivity index (χ0v) is 18.0. The molecule has 0 radical (unpaired) electrons. The Labute approximate surface area is 191 Å². The van der Waals surface area contributed by atoms with Gasteiger partial charge in [-0.15, -0.1) is 0 Å². The van der Waals surface area contributed by atoms with E-state index < -0.39 is 0 Å². The second kappa shape index (κ2) is 9.16. The van der Waals surface area contributed by atoms with Gasteiger partial charge in [-0.2, -0.15) is 0 Å². The Kier molecular flexibility index (Phi) is 5.76. The summed E-state index contributed by atoms with van der Waals surface area (Å²) >= 11 is 0. The van der Waals surface area contributed by atoms with Gasteiger partial charge in [0.05, 0.1) is 5.52 Å². The lowest BCUT2D eigenvalue weighted by Gasteiger charge is -2.30. The molecule has 4 aromatic rings. The molecule has 1 aliphatic heterocycles. The number of rotatable bonds is 5. The largest absolute Gasteiger partial charge is 0.345 e. The summed E-state index contributed by atoms with van der Waals surface area (Å²) in [5, 5.41) is 3.76. The highest BCUT2D eigenvalue weighted by Gasteiger charge is 2.23. The Hall–Kier alpha value is -4.13. The predicted molar refractivity (Wildman–Crippen MR) is 127 cm³/mol. The van der Waals surface area contributed by atoms with Crippen molar-refractivity contribution >= 4 is 29.0 Å². The van der Waals surface area contributed by atoms with E-state index in [1.807, 2.05) is 29.3 Å². The van der Waals surface area contributed by atoms with Crippen LogP contribution in [-0.2, 0) is 4.79 Å². The highest BCUT2D eigenvalue weighted by Crippen LogP contribution is 2.35. The summed E-state index contributed by atoms with van der Waals surface area (Å²) in [5.74, 6) is 0.565. The topological polar surface area (TPSA) is 88.1 Å². The summed E-state index contributed by atoms with van der Waals surface area (Å²) in [5.41, 5.74) is 4.60. The molecular weight excluding hydrogens is 414 g/mol. The van der Waals surface area contributed by atoms with Crippen molar-refractivity contribution < 1.29 is 9.59 Å². The van der Waals surface area contributed by atoms with Gasteiger partial charge < -0.3 is 10.2 Å². The first-order valence-corrected chi connectivity index (χ1v) is 11.0. The van der Waals surface area contributed by atoms with Crippen LogP contribution in [0.3, 0.4) is 0 Å². The van der Waals surface area contributed by atoms with Crippen LogP contribution in [0.2, 0.25) is 0 Å². The van der Waals surface area contributed by atoms with E-state index in [2.05, 4.69) is 32.4 Å². The zero-order valence-electron chi connectivity index (χ0n) is 18.0. The number of piperidine rings is 1. The first-order chi connectivity index (χ1) is 16.2. The Morgan fingerprint density at radius 1 is 1.06 bits per heavy atom. The van der Waals surface area contributed by atoms with Crippen molar-refractivity contribution in [2.75, 3.05) is 18.4 Å². The van der Waals surface area contributed by atoms with Crippen LogP contribution in [0, 0.1) is 0 Å². The monoisotopic (exact) mass is 437 g/mol. The van der Waals surface area contributed by atoms with Gasteiger partial charge in [0, 0.05) is 42.4 Å². The lowest BCUT2D eigenvalue weighted by atomic mass is 9.87. The van der Waals surface area contributed by atoms with Crippen molar-refractivity contribution in [1.29, 1.82) is 0 Å². The number of anilines is 1. The van der Waals surface area contributed by atoms with Crippen LogP contribution in [0.1, 0.15) is 34.7 Å². The summed E-state index contributed by atoms with van der Waals surface area (Å²) in [4.78, 5) is 38.7. The third-order valence-corrected chi connectivity index (χ3v) is 6.11. The number of nitrogens with zero attached hydrogens (tertiary/aromatic N) is 4. The molecule has 0 saturated carbocycles. The zero-order chi connectivity index (χ0) is 22.6. The van der Waals surface area contributed by atoms with Gasteiger partial charge in [0.25, 0.3) is 5.91 Å². The minimum absolute atomic E-state index is 0.208. The minimum Gasteiger partial charge on any atom is -0.345 e. The molecule has 2 amide bonds. The normalized spacial score (nSPS) is 15.9. The number of carbonyl (C=O) groups is 2. The first-order valence-electron chi connectivity index (χ1n) is 11.0. The summed E-state index contributed by atoms with van der Waals surface area (Å²) in [6.45, 7) is 1.52. The maximum Gasteiger partial charge on any atom is 0.256 e. The molecule has 7 heteroatoms. The highest BCUT2D eigenvalue weighted by molar-refractivity contribution is 6.04. The number of nitrogens with one attached hydrogen (secondary N) is 1. The molecule has 3 heterocycles. The van der Waals surface area contributed by atoms with Gasteiger partial charge in [0.15, 0.2) is 0 Å². The van der Waals surface area contributed by atoms with Gasteiger partial charge in [-0.1, -0.05) is 30.3 Å². The Bertz CT molecular complexity index is 1290. The van der Waals surface area contributed by atoms with Crippen molar-refractivity contribution in [1.82, 2.24) is 19.9 Å². The number of benzene rings is 2. The van der Waals surface area contributed by atoms with Gasteiger partial charge in [0.1, 0.15) is 12.1 Å². The molecule has 33 heavy (non-hydrogen) atoms. The maximum absolute atomic E-state index is 12.5. The third kappa shape index (κ3) is 4.30. The molecule has 1 fully saturated rings. The van der Waals surface area contributed by atoms with E-state index in [0.717, 1.165) is 53.4 Å². The second-order valence-electron chi connectivity index (χ2n) is 8.17. The van der Waals surface area contributed by atoms with Gasteiger partial charge in [0.2, 0.25) is 6.41 Å². The fourth-order valence-corrected chi connectivity index (χ4v) is 4.46. The van der Waals surface area contributed by atoms with Crippen LogP contribution >= 0.6 is 0 Å². The summed E-state index contributed by atoms with van der Waals surface area (Å²) in [6, 6.07) is 17.1. The first kappa shape index (κ1) is 20.8. The predicted octanol–water partition coefficient (Wildman–Crippen LogP) is 4.28. The number of amides is 2. The highest BCUT2D eigenvalue weighted by atomic mass is 16.1. The Morgan fingerprint density at radius 3 is 2.73 bits per heavy atom. The van der Waals surface area contributed by atoms with Gasteiger partial charge in [-0.05, 0) is 53.8 Å². The van der Waals surface area contributed by atoms with Crippen molar-refractivity contribution in [3.63, 3.8) is 0 Å². The second-order valence-corrected chi connectivity index (χ2v) is 8.17. The number of carbonyl (C=O) groups excluding carboxylic acids is 2. The smallest absolute Gasteiger partial charge is 0.256 e. The molecule has 1 atom stereocenters. The summed E-state index contributed by atoms with van der Waals surface area (Å²) in [6.07, 6.45) is 8.00. The molecule has 1 unspecified atom stereocenters. The minimum atomic E-state index is -0.208. The van der Waals surface area contributed by atoms with Crippen molar-refractivity contribution in [3.8, 4) is 11.1 Å². The number of fused-ring (bicyclic) bond motifs is 1. The van der Waals surface area contributed by atoms with Gasteiger partial charge in [-0.25, -0.2) is 15.0 Å². The molecule has 164 valence electrons. The fraction of sp³-hybridized carbons (Fsp3) is 0.192. The third-order valence-electron chi connectivity index (χ3n) is 6.11.